The number of halogens is 2. The van der Waals surface area contributed by atoms with Crippen LogP contribution in [0.15, 0.2) is 30.6 Å². The Hall–Kier alpha value is -2.97. The first-order valence-corrected chi connectivity index (χ1v) is 7.68. The largest absolute Gasteiger partial charge is 0.490 e. The van der Waals surface area contributed by atoms with Crippen molar-refractivity contribution >= 4 is 11.6 Å². The summed E-state index contributed by atoms with van der Waals surface area (Å²) in [6, 6.07) is 6.68. The molecule has 3 aromatic rings. The Kier molecular flexibility index (Phi) is 4.92. The van der Waals surface area contributed by atoms with Crippen molar-refractivity contribution < 1.29 is 18.3 Å². The van der Waals surface area contributed by atoms with E-state index in [-0.39, 0.29) is 11.5 Å². The zero-order valence-corrected chi connectivity index (χ0v) is 13.7. The third-order valence-electron chi connectivity index (χ3n) is 3.38. The standard InChI is InChI=1S/C16H17F2N5O2/c1-3-24-13-7-11(4-5-12(13)25-15(17)18)8-19-14-6-10(2)22-16-20-9-21-23(14)16/h4-7,9,15,19H,3,8H2,1-2H3. The zero-order valence-electron chi connectivity index (χ0n) is 13.7. The number of fused-ring (bicyclic) bond motifs is 1. The summed E-state index contributed by atoms with van der Waals surface area (Å²) < 4.78 is 36.4. The van der Waals surface area contributed by atoms with Crippen LogP contribution in [-0.4, -0.2) is 32.8 Å². The third-order valence-corrected chi connectivity index (χ3v) is 3.38. The molecule has 7 nitrogen and oxygen atoms in total. The van der Waals surface area contributed by atoms with Gasteiger partial charge in [-0.15, -0.1) is 0 Å². The molecule has 0 aliphatic carbocycles. The number of aromatic nitrogens is 4. The molecular weight excluding hydrogens is 332 g/mol. The highest BCUT2D eigenvalue weighted by Crippen LogP contribution is 2.30. The molecule has 0 atom stereocenters. The van der Waals surface area contributed by atoms with Gasteiger partial charge in [-0.25, -0.2) is 4.98 Å². The number of hydrogen-bond donors (Lipinski definition) is 1. The quantitative estimate of drug-likeness (QED) is 0.707. The van der Waals surface area contributed by atoms with E-state index in [0.29, 0.717) is 18.9 Å². The minimum absolute atomic E-state index is 0.0130. The van der Waals surface area contributed by atoms with Crippen molar-refractivity contribution in [3.8, 4) is 11.5 Å². The Morgan fingerprint density at radius 3 is 2.84 bits per heavy atom. The second kappa shape index (κ2) is 7.29. The highest BCUT2D eigenvalue weighted by Gasteiger charge is 2.12. The van der Waals surface area contributed by atoms with Crippen LogP contribution in [0.2, 0.25) is 0 Å². The van der Waals surface area contributed by atoms with E-state index in [1.807, 2.05) is 13.0 Å². The number of hydrogen-bond acceptors (Lipinski definition) is 6. The molecule has 0 aliphatic rings. The number of benzene rings is 1. The van der Waals surface area contributed by atoms with Crippen LogP contribution in [-0.2, 0) is 6.54 Å². The molecule has 2 heterocycles. The number of alkyl halides is 2. The highest BCUT2D eigenvalue weighted by atomic mass is 19.3. The summed E-state index contributed by atoms with van der Waals surface area (Å²) in [4.78, 5) is 8.34. The fourth-order valence-electron chi connectivity index (χ4n) is 2.37. The van der Waals surface area contributed by atoms with Gasteiger partial charge in [-0.1, -0.05) is 6.07 Å². The van der Waals surface area contributed by atoms with Gasteiger partial charge in [0.15, 0.2) is 11.5 Å². The molecule has 0 spiro atoms. The molecule has 0 bridgehead atoms. The summed E-state index contributed by atoms with van der Waals surface area (Å²) in [6.45, 7) is 1.53. The van der Waals surface area contributed by atoms with Gasteiger partial charge in [0, 0.05) is 18.3 Å². The van der Waals surface area contributed by atoms with Gasteiger partial charge in [0.1, 0.15) is 12.1 Å². The first-order valence-electron chi connectivity index (χ1n) is 7.68. The smallest absolute Gasteiger partial charge is 0.387 e. The molecular formula is C16H17F2N5O2. The van der Waals surface area contributed by atoms with Crippen molar-refractivity contribution in [3.63, 3.8) is 0 Å². The van der Waals surface area contributed by atoms with Crippen LogP contribution in [0.3, 0.4) is 0 Å². The molecule has 0 unspecified atom stereocenters. The van der Waals surface area contributed by atoms with Crippen LogP contribution in [0.1, 0.15) is 18.2 Å². The van der Waals surface area contributed by atoms with E-state index in [1.54, 1.807) is 23.6 Å². The Balaban J connectivity index is 1.80. The van der Waals surface area contributed by atoms with E-state index in [4.69, 9.17) is 4.74 Å². The molecule has 1 aromatic carbocycles. The summed E-state index contributed by atoms with van der Waals surface area (Å²) in [5.74, 6) is 1.52. The van der Waals surface area contributed by atoms with E-state index < -0.39 is 6.61 Å². The van der Waals surface area contributed by atoms with Gasteiger partial charge >= 0.3 is 6.61 Å². The molecule has 132 valence electrons. The molecule has 2 aromatic heterocycles. The fraction of sp³-hybridized carbons (Fsp3) is 0.312. The van der Waals surface area contributed by atoms with Gasteiger partial charge in [-0.3, -0.25) is 0 Å². The average Bonchev–Trinajstić information content (AvgIpc) is 3.02. The lowest BCUT2D eigenvalue weighted by molar-refractivity contribution is -0.0514. The lowest BCUT2D eigenvalue weighted by atomic mass is 10.2. The summed E-state index contributed by atoms with van der Waals surface area (Å²) in [7, 11) is 0. The Morgan fingerprint density at radius 2 is 2.08 bits per heavy atom. The van der Waals surface area contributed by atoms with Gasteiger partial charge < -0.3 is 14.8 Å². The van der Waals surface area contributed by atoms with Crippen molar-refractivity contribution in [1.29, 1.82) is 0 Å². The SMILES string of the molecule is CCOc1cc(CNc2cc(C)nc3ncnn23)ccc1OC(F)F. The topological polar surface area (TPSA) is 73.6 Å². The maximum Gasteiger partial charge on any atom is 0.387 e. The molecule has 9 heteroatoms. The second-order valence-corrected chi connectivity index (χ2v) is 5.20. The number of ether oxygens (including phenoxy) is 2. The van der Waals surface area contributed by atoms with Crippen LogP contribution in [0.4, 0.5) is 14.6 Å². The lowest BCUT2D eigenvalue weighted by Crippen LogP contribution is -2.08. The van der Waals surface area contributed by atoms with Crippen molar-refractivity contribution in [2.24, 2.45) is 0 Å². The van der Waals surface area contributed by atoms with E-state index in [2.05, 4.69) is 25.1 Å². The number of nitrogens with one attached hydrogen (secondary N) is 1. The molecule has 0 radical (unpaired) electrons. The maximum atomic E-state index is 12.5. The normalized spacial score (nSPS) is 11.1. The zero-order chi connectivity index (χ0) is 17.8. The van der Waals surface area contributed by atoms with E-state index in [9.17, 15) is 8.78 Å². The average molecular weight is 349 g/mol. The third kappa shape index (κ3) is 3.93. The summed E-state index contributed by atoms with van der Waals surface area (Å²) in [6.07, 6.45) is 1.43. The highest BCUT2D eigenvalue weighted by molar-refractivity contribution is 5.47. The van der Waals surface area contributed by atoms with E-state index in [0.717, 1.165) is 17.1 Å². The summed E-state index contributed by atoms with van der Waals surface area (Å²) >= 11 is 0. The van der Waals surface area contributed by atoms with Crippen LogP contribution < -0.4 is 14.8 Å². The van der Waals surface area contributed by atoms with Gasteiger partial charge in [-0.05, 0) is 31.5 Å². The first kappa shape index (κ1) is 16.9. The summed E-state index contributed by atoms with van der Waals surface area (Å²) in [5, 5.41) is 7.35. The Bertz CT molecular complexity index is 869. The van der Waals surface area contributed by atoms with Crippen molar-refractivity contribution in [1.82, 2.24) is 19.6 Å². The molecule has 0 fully saturated rings. The second-order valence-electron chi connectivity index (χ2n) is 5.20. The number of nitrogens with zero attached hydrogens (tertiary/aromatic N) is 4. The van der Waals surface area contributed by atoms with Crippen molar-refractivity contribution in [2.45, 2.75) is 27.0 Å². The monoisotopic (exact) mass is 349 g/mol. The predicted octanol–water partition coefficient (Wildman–Crippen LogP) is 3.04. The first-order chi connectivity index (χ1) is 12.1. The van der Waals surface area contributed by atoms with E-state index in [1.165, 1.54) is 12.4 Å². The number of rotatable bonds is 7. The minimum atomic E-state index is -2.90. The van der Waals surface area contributed by atoms with Crippen LogP contribution >= 0.6 is 0 Å². The van der Waals surface area contributed by atoms with Crippen molar-refractivity contribution in [2.75, 3.05) is 11.9 Å². The molecule has 3 rings (SSSR count). The Morgan fingerprint density at radius 1 is 1.24 bits per heavy atom. The Labute approximate surface area is 142 Å². The van der Waals surface area contributed by atoms with Gasteiger partial charge in [-0.2, -0.15) is 23.4 Å². The molecule has 0 aliphatic heterocycles. The molecule has 0 amide bonds. The molecule has 1 N–H and O–H groups in total. The van der Waals surface area contributed by atoms with Crippen LogP contribution in [0, 0.1) is 6.92 Å². The van der Waals surface area contributed by atoms with Gasteiger partial charge in [0.05, 0.1) is 6.61 Å². The molecule has 25 heavy (non-hydrogen) atoms. The summed E-state index contributed by atoms with van der Waals surface area (Å²) in [5.41, 5.74) is 1.64. The van der Waals surface area contributed by atoms with Crippen LogP contribution in [0.25, 0.3) is 5.78 Å². The predicted molar refractivity (Wildman–Crippen MR) is 87.1 cm³/mol. The molecule has 0 saturated carbocycles. The lowest BCUT2D eigenvalue weighted by Gasteiger charge is -2.14. The number of aryl methyl sites for hydroxylation is 1. The molecule has 0 saturated heterocycles. The van der Waals surface area contributed by atoms with Gasteiger partial charge in [0.25, 0.3) is 5.78 Å². The maximum absolute atomic E-state index is 12.5. The van der Waals surface area contributed by atoms with Crippen LogP contribution in [0.5, 0.6) is 11.5 Å². The van der Waals surface area contributed by atoms with Crippen molar-refractivity contribution in [3.05, 3.63) is 41.9 Å². The van der Waals surface area contributed by atoms with Gasteiger partial charge in [0.2, 0.25) is 0 Å². The number of anilines is 1. The minimum Gasteiger partial charge on any atom is -0.490 e. The van der Waals surface area contributed by atoms with E-state index >= 15 is 0 Å². The fourth-order valence-corrected chi connectivity index (χ4v) is 2.37.